The molecule has 0 aliphatic rings. The first-order valence-electron chi connectivity index (χ1n) is 11.9. The number of benzene rings is 3. The molecule has 0 heterocycles. The van der Waals surface area contributed by atoms with Crippen molar-refractivity contribution in [3.63, 3.8) is 0 Å². The third kappa shape index (κ3) is 8.25. The van der Waals surface area contributed by atoms with Crippen molar-refractivity contribution in [2.45, 2.75) is 57.1 Å². The van der Waals surface area contributed by atoms with Crippen LogP contribution < -0.4 is 5.32 Å². The maximum Gasteiger partial charge on any atom is 0.243 e. The molecule has 3 aromatic carbocycles. The van der Waals surface area contributed by atoms with Gasteiger partial charge >= 0.3 is 0 Å². The summed E-state index contributed by atoms with van der Waals surface area (Å²) in [5.74, 6) is -0.228. The van der Waals surface area contributed by atoms with Crippen LogP contribution in [0.4, 0.5) is 4.39 Å². The molecule has 1 N–H and O–H groups in total. The van der Waals surface area contributed by atoms with Crippen molar-refractivity contribution in [1.82, 2.24) is 10.2 Å². The van der Waals surface area contributed by atoms with Crippen LogP contribution in [0.25, 0.3) is 0 Å². The molecule has 0 unspecified atom stereocenters. The Bertz CT molecular complexity index is 1100. The zero-order chi connectivity index (χ0) is 25.2. The Kier molecular flexibility index (Phi) is 9.91. The number of amides is 2. The number of thioether (sulfide) groups is 1. The van der Waals surface area contributed by atoms with Crippen LogP contribution in [0, 0.1) is 12.7 Å². The fraction of sp³-hybridized carbons (Fsp3) is 0.310. The Morgan fingerprint density at radius 2 is 1.60 bits per heavy atom. The molecule has 0 spiro atoms. The summed E-state index contributed by atoms with van der Waals surface area (Å²) in [6.07, 6.45) is 0.595. The third-order valence-electron chi connectivity index (χ3n) is 5.61. The minimum absolute atomic E-state index is 0.0315. The first-order chi connectivity index (χ1) is 16.8. The van der Waals surface area contributed by atoms with Crippen LogP contribution in [0.2, 0.25) is 0 Å². The number of carbonyl (C=O) groups is 2. The number of halogens is 1. The van der Waals surface area contributed by atoms with E-state index in [1.807, 2.05) is 75.4 Å². The molecule has 6 heteroatoms. The van der Waals surface area contributed by atoms with E-state index in [0.717, 1.165) is 10.5 Å². The topological polar surface area (TPSA) is 49.4 Å². The van der Waals surface area contributed by atoms with Gasteiger partial charge in [-0.2, -0.15) is 0 Å². The van der Waals surface area contributed by atoms with E-state index in [4.69, 9.17) is 0 Å². The fourth-order valence-electron chi connectivity index (χ4n) is 3.78. The molecule has 0 aliphatic heterocycles. The van der Waals surface area contributed by atoms with Gasteiger partial charge in [-0.3, -0.25) is 9.59 Å². The van der Waals surface area contributed by atoms with E-state index in [2.05, 4.69) is 5.32 Å². The van der Waals surface area contributed by atoms with Crippen molar-refractivity contribution in [3.05, 3.63) is 101 Å². The summed E-state index contributed by atoms with van der Waals surface area (Å²) in [7, 11) is 0. The molecule has 1 atom stereocenters. The van der Waals surface area contributed by atoms with Gasteiger partial charge in [-0.05, 0) is 44.5 Å². The smallest absolute Gasteiger partial charge is 0.243 e. The number of carbonyl (C=O) groups excluding carboxylic acids is 2. The van der Waals surface area contributed by atoms with Crippen molar-refractivity contribution in [1.29, 1.82) is 0 Å². The highest BCUT2D eigenvalue weighted by Crippen LogP contribution is 2.22. The molecule has 0 saturated carbocycles. The van der Waals surface area contributed by atoms with Crippen molar-refractivity contribution in [2.75, 3.05) is 5.75 Å². The van der Waals surface area contributed by atoms with Gasteiger partial charge in [-0.15, -0.1) is 11.8 Å². The second kappa shape index (κ2) is 13.1. The summed E-state index contributed by atoms with van der Waals surface area (Å²) >= 11 is 1.60. The Morgan fingerprint density at radius 3 is 2.26 bits per heavy atom. The van der Waals surface area contributed by atoms with Crippen LogP contribution in [0.3, 0.4) is 0 Å². The molecule has 0 fully saturated rings. The van der Waals surface area contributed by atoms with Crippen molar-refractivity contribution in [3.8, 4) is 0 Å². The summed E-state index contributed by atoms with van der Waals surface area (Å²) in [5, 5.41) is 2.95. The third-order valence-corrected chi connectivity index (χ3v) is 6.62. The fourth-order valence-corrected chi connectivity index (χ4v) is 4.62. The minimum Gasteiger partial charge on any atom is -0.352 e. The number of hydrogen-bond acceptors (Lipinski definition) is 3. The first-order valence-corrected chi connectivity index (χ1v) is 12.9. The average Bonchev–Trinajstić information content (AvgIpc) is 2.83. The quantitative estimate of drug-likeness (QED) is 0.345. The molecule has 0 aromatic heterocycles. The van der Waals surface area contributed by atoms with E-state index in [1.54, 1.807) is 34.9 Å². The van der Waals surface area contributed by atoms with Crippen molar-refractivity contribution < 1.29 is 14.0 Å². The zero-order valence-electron chi connectivity index (χ0n) is 20.5. The van der Waals surface area contributed by atoms with Crippen LogP contribution in [0.1, 0.15) is 37.0 Å². The molecule has 4 nitrogen and oxygen atoms in total. The molecule has 35 heavy (non-hydrogen) atoms. The van der Waals surface area contributed by atoms with Gasteiger partial charge in [0.2, 0.25) is 11.8 Å². The lowest BCUT2D eigenvalue weighted by atomic mass is 10.0. The average molecular weight is 493 g/mol. The standard InChI is InChI=1S/C29H33FN2O2S/c1-21(2)31-29(34)27(19-23-9-5-4-6-10-23)32(20-24-11-7-8-12-26(24)30)28(33)17-18-35-25-15-13-22(3)14-16-25/h4-16,21,27H,17-20H2,1-3H3,(H,31,34)/t27-/m1/s1. The van der Waals surface area contributed by atoms with Crippen molar-refractivity contribution in [2.24, 2.45) is 0 Å². The highest BCUT2D eigenvalue weighted by Gasteiger charge is 2.31. The normalized spacial score (nSPS) is 11.8. The van der Waals surface area contributed by atoms with Gasteiger partial charge in [-0.1, -0.05) is 66.2 Å². The number of rotatable bonds is 11. The Hall–Kier alpha value is -3.12. The summed E-state index contributed by atoms with van der Waals surface area (Å²) in [4.78, 5) is 29.5. The van der Waals surface area contributed by atoms with Crippen molar-refractivity contribution >= 4 is 23.6 Å². The Balaban J connectivity index is 1.85. The van der Waals surface area contributed by atoms with Crippen LogP contribution in [0.15, 0.2) is 83.8 Å². The highest BCUT2D eigenvalue weighted by atomic mass is 32.2. The van der Waals surface area contributed by atoms with Gasteiger partial charge in [-0.25, -0.2) is 4.39 Å². The van der Waals surface area contributed by atoms with E-state index in [0.29, 0.717) is 17.7 Å². The molecular weight excluding hydrogens is 459 g/mol. The zero-order valence-corrected chi connectivity index (χ0v) is 21.4. The summed E-state index contributed by atoms with van der Waals surface area (Å²) in [6.45, 7) is 5.84. The molecule has 3 rings (SSSR count). The lowest BCUT2D eigenvalue weighted by Crippen LogP contribution is -2.52. The van der Waals surface area contributed by atoms with E-state index in [9.17, 15) is 14.0 Å². The van der Waals surface area contributed by atoms with Gasteiger partial charge in [0.05, 0.1) is 0 Å². The number of aryl methyl sites for hydroxylation is 1. The summed E-state index contributed by atoms with van der Waals surface area (Å²) in [5.41, 5.74) is 2.51. The maximum absolute atomic E-state index is 14.6. The molecule has 3 aromatic rings. The number of nitrogens with one attached hydrogen (secondary N) is 1. The van der Waals surface area contributed by atoms with Gasteiger partial charge in [0.1, 0.15) is 11.9 Å². The van der Waals surface area contributed by atoms with E-state index in [-0.39, 0.29) is 36.6 Å². The van der Waals surface area contributed by atoms with Gasteiger partial charge in [0, 0.05) is 41.6 Å². The predicted octanol–water partition coefficient (Wildman–Crippen LogP) is 5.78. The van der Waals surface area contributed by atoms with Gasteiger partial charge < -0.3 is 10.2 Å². The predicted molar refractivity (Wildman–Crippen MR) is 141 cm³/mol. The molecule has 0 saturated heterocycles. The lowest BCUT2D eigenvalue weighted by Gasteiger charge is -2.32. The van der Waals surface area contributed by atoms with Gasteiger partial charge in [0.15, 0.2) is 0 Å². The van der Waals surface area contributed by atoms with Crippen LogP contribution in [-0.2, 0) is 22.6 Å². The second-order valence-corrected chi connectivity index (χ2v) is 10.1. The Morgan fingerprint density at radius 1 is 0.943 bits per heavy atom. The SMILES string of the molecule is Cc1ccc(SCCC(=O)N(Cc2ccccc2F)[C@H](Cc2ccccc2)C(=O)NC(C)C)cc1. The molecular formula is C29H33FN2O2S. The van der Waals surface area contributed by atoms with Crippen LogP contribution in [0.5, 0.6) is 0 Å². The lowest BCUT2D eigenvalue weighted by molar-refractivity contribution is -0.141. The monoisotopic (exact) mass is 492 g/mol. The number of nitrogens with zero attached hydrogens (tertiary/aromatic N) is 1. The molecule has 0 bridgehead atoms. The molecule has 0 aliphatic carbocycles. The molecule has 0 radical (unpaired) electrons. The second-order valence-electron chi connectivity index (χ2n) is 8.89. The number of hydrogen-bond donors (Lipinski definition) is 1. The summed E-state index contributed by atoms with van der Waals surface area (Å²) in [6, 6.07) is 23.3. The molecule has 184 valence electrons. The van der Waals surface area contributed by atoms with Crippen LogP contribution in [-0.4, -0.2) is 34.6 Å². The first kappa shape index (κ1) is 26.5. The highest BCUT2D eigenvalue weighted by molar-refractivity contribution is 7.99. The van der Waals surface area contributed by atoms with E-state index < -0.39 is 6.04 Å². The Labute approximate surface area is 211 Å². The molecule has 2 amide bonds. The summed E-state index contributed by atoms with van der Waals surface area (Å²) < 4.78 is 14.6. The van der Waals surface area contributed by atoms with Crippen LogP contribution >= 0.6 is 11.8 Å². The van der Waals surface area contributed by atoms with E-state index >= 15 is 0 Å². The maximum atomic E-state index is 14.6. The minimum atomic E-state index is -0.753. The van der Waals surface area contributed by atoms with Gasteiger partial charge in [0.25, 0.3) is 0 Å². The van der Waals surface area contributed by atoms with E-state index in [1.165, 1.54) is 11.6 Å². The largest absolute Gasteiger partial charge is 0.352 e.